The molecule has 0 rings (SSSR count). The molecule has 1 atom stereocenters. The summed E-state index contributed by atoms with van der Waals surface area (Å²) in [6.07, 6.45) is 4.32. The molecular formula is C7H14N2. The largest absolute Gasteiger partial charge is 0.316 e. The third kappa shape index (κ3) is 5.32. The van der Waals surface area contributed by atoms with Gasteiger partial charge in [0.2, 0.25) is 0 Å². The Morgan fingerprint density at radius 2 is 2.22 bits per heavy atom. The highest BCUT2D eigenvalue weighted by Gasteiger charge is 1.96. The van der Waals surface area contributed by atoms with Crippen molar-refractivity contribution in [1.29, 1.82) is 5.26 Å². The lowest BCUT2D eigenvalue weighted by Gasteiger charge is -1.98. The van der Waals surface area contributed by atoms with Crippen LogP contribution in [0.3, 0.4) is 0 Å². The van der Waals surface area contributed by atoms with Gasteiger partial charge in [-0.3, -0.25) is 0 Å². The molecule has 52 valence electrons. The topological polar surface area (TPSA) is 49.8 Å². The highest BCUT2D eigenvalue weighted by molar-refractivity contribution is 4.85. The summed E-state index contributed by atoms with van der Waals surface area (Å²) in [6.45, 7) is 2.14. The van der Waals surface area contributed by atoms with Gasteiger partial charge in [0.15, 0.2) is 0 Å². The van der Waals surface area contributed by atoms with Crippen molar-refractivity contribution in [3.63, 3.8) is 0 Å². The van der Waals surface area contributed by atoms with Crippen molar-refractivity contribution in [2.24, 2.45) is 5.73 Å². The van der Waals surface area contributed by atoms with Crippen molar-refractivity contribution in [3.05, 3.63) is 0 Å². The van der Waals surface area contributed by atoms with Gasteiger partial charge >= 0.3 is 0 Å². The van der Waals surface area contributed by atoms with E-state index in [4.69, 9.17) is 11.0 Å². The summed E-state index contributed by atoms with van der Waals surface area (Å²) >= 11 is 0. The van der Waals surface area contributed by atoms with E-state index in [0.717, 1.165) is 12.8 Å². The number of nitrogens with zero attached hydrogens (tertiary/aromatic N) is 1. The first-order valence-electron chi connectivity index (χ1n) is 3.46. The van der Waals surface area contributed by atoms with Gasteiger partial charge < -0.3 is 5.73 Å². The van der Waals surface area contributed by atoms with E-state index < -0.39 is 0 Å². The normalized spacial score (nSPS) is 12.6. The molecule has 1 unspecified atom stereocenters. The van der Waals surface area contributed by atoms with Crippen LogP contribution in [-0.4, -0.2) is 6.04 Å². The third-order valence-corrected chi connectivity index (χ3v) is 1.28. The number of unbranched alkanes of at least 4 members (excludes halogenated alkanes) is 2. The molecule has 2 heteroatoms. The lowest BCUT2D eigenvalue weighted by molar-refractivity contribution is 0.628. The van der Waals surface area contributed by atoms with Crippen LogP contribution in [0.2, 0.25) is 0 Å². The lowest BCUT2D eigenvalue weighted by atomic mass is 10.1. The molecule has 0 radical (unpaired) electrons. The van der Waals surface area contributed by atoms with Gasteiger partial charge in [-0.1, -0.05) is 26.2 Å². The van der Waals surface area contributed by atoms with E-state index in [-0.39, 0.29) is 6.04 Å². The Morgan fingerprint density at radius 1 is 1.56 bits per heavy atom. The van der Waals surface area contributed by atoms with E-state index in [1.807, 2.05) is 6.07 Å². The minimum atomic E-state index is -0.239. The van der Waals surface area contributed by atoms with Gasteiger partial charge in [0, 0.05) is 0 Å². The van der Waals surface area contributed by atoms with Crippen LogP contribution >= 0.6 is 0 Å². The molecule has 2 N–H and O–H groups in total. The first-order chi connectivity index (χ1) is 4.31. The quantitative estimate of drug-likeness (QED) is 0.579. The van der Waals surface area contributed by atoms with Gasteiger partial charge in [-0.25, -0.2) is 0 Å². The van der Waals surface area contributed by atoms with Gasteiger partial charge in [-0.05, 0) is 6.42 Å². The minimum Gasteiger partial charge on any atom is -0.316 e. The van der Waals surface area contributed by atoms with Crippen LogP contribution < -0.4 is 5.73 Å². The van der Waals surface area contributed by atoms with Crippen molar-refractivity contribution in [3.8, 4) is 6.07 Å². The van der Waals surface area contributed by atoms with Gasteiger partial charge in [0.05, 0.1) is 12.1 Å². The van der Waals surface area contributed by atoms with Gasteiger partial charge in [0.1, 0.15) is 0 Å². The van der Waals surface area contributed by atoms with E-state index in [1.165, 1.54) is 12.8 Å². The SMILES string of the molecule is CCCCCC(N)C#N. The van der Waals surface area contributed by atoms with Crippen molar-refractivity contribution < 1.29 is 0 Å². The fourth-order valence-electron chi connectivity index (χ4n) is 0.679. The first kappa shape index (κ1) is 8.45. The summed E-state index contributed by atoms with van der Waals surface area (Å²) in [4.78, 5) is 0. The fraction of sp³-hybridized carbons (Fsp3) is 0.857. The van der Waals surface area contributed by atoms with Crippen LogP contribution in [0.25, 0.3) is 0 Å². The third-order valence-electron chi connectivity index (χ3n) is 1.28. The fourth-order valence-corrected chi connectivity index (χ4v) is 0.679. The maximum absolute atomic E-state index is 8.26. The smallest absolute Gasteiger partial charge is 0.0928 e. The van der Waals surface area contributed by atoms with Crippen molar-refractivity contribution >= 4 is 0 Å². The van der Waals surface area contributed by atoms with Crippen LogP contribution in [0.1, 0.15) is 32.6 Å². The second-order valence-electron chi connectivity index (χ2n) is 2.23. The van der Waals surface area contributed by atoms with Gasteiger partial charge in [0.25, 0.3) is 0 Å². The monoisotopic (exact) mass is 126 g/mol. The van der Waals surface area contributed by atoms with Crippen molar-refractivity contribution in [2.75, 3.05) is 0 Å². The highest BCUT2D eigenvalue weighted by Crippen LogP contribution is 1.99. The van der Waals surface area contributed by atoms with E-state index in [1.54, 1.807) is 0 Å². The Labute approximate surface area is 56.7 Å². The predicted molar refractivity (Wildman–Crippen MR) is 37.7 cm³/mol. The van der Waals surface area contributed by atoms with Crippen LogP contribution in [0.5, 0.6) is 0 Å². The molecule has 0 amide bonds. The van der Waals surface area contributed by atoms with Crippen LogP contribution in [0, 0.1) is 11.3 Å². The van der Waals surface area contributed by atoms with E-state index >= 15 is 0 Å². The molecule has 0 aromatic rings. The molecule has 0 bridgehead atoms. The number of nitrogens with two attached hydrogens (primary N) is 1. The molecule has 0 aliphatic carbocycles. The summed E-state index contributed by atoms with van der Waals surface area (Å²) in [7, 11) is 0. The second kappa shape index (κ2) is 5.58. The molecule has 0 saturated heterocycles. The second-order valence-corrected chi connectivity index (χ2v) is 2.23. The van der Waals surface area contributed by atoms with E-state index in [9.17, 15) is 0 Å². The average Bonchev–Trinajstić information content (AvgIpc) is 1.89. The molecular weight excluding hydrogens is 112 g/mol. The molecule has 0 aromatic heterocycles. The van der Waals surface area contributed by atoms with E-state index in [2.05, 4.69) is 6.92 Å². The standard InChI is InChI=1S/C7H14N2/c1-2-3-4-5-7(9)6-8/h7H,2-5,9H2,1H3. The Bertz CT molecular complexity index is 93.6. The zero-order chi connectivity index (χ0) is 7.11. The number of rotatable bonds is 4. The summed E-state index contributed by atoms with van der Waals surface area (Å²) < 4.78 is 0. The van der Waals surface area contributed by atoms with Crippen molar-refractivity contribution in [2.45, 2.75) is 38.6 Å². The molecule has 9 heavy (non-hydrogen) atoms. The Balaban J connectivity index is 2.99. The van der Waals surface area contributed by atoms with E-state index in [0.29, 0.717) is 0 Å². The highest BCUT2D eigenvalue weighted by atomic mass is 14.6. The molecule has 0 spiro atoms. The summed E-state index contributed by atoms with van der Waals surface area (Å²) in [5, 5.41) is 8.26. The molecule has 0 aliphatic heterocycles. The van der Waals surface area contributed by atoms with Gasteiger partial charge in [-0.2, -0.15) is 5.26 Å². The van der Waals surface area contributed by atoms with Crippen LogP contribution in [0.4, 0.5) is 0 Å². The number of hydrogen-bond acceptors (Lipinski definition) is 2. The first-order valence-corrected chi connectivity index (χ1v) is 3.46. The Morgan fingerprint density at radius 3 is 2.67 bits per heavy atom. The lowest BCUT2D eigenvalue weighted by Crippen LogP contribution is -2.16. The number of hydrogen-bond donors (Lipinski definition) is 1. The van der Waals surface area contributed by atoms with Crippen LogP contribution in [-0.2, 0) is 0 Å². The molecule has 0 saturated carbocycles. The average molecular weight is 126 g/mol. The Hall–Kier alpha value is -0.550. The predicted octanol–water partition coefficient (Wildman–Crippen LogP) is 1.42. The zero-order valence-electron chi connectivity index (χ0n) is 5.93. The summed E-state index contributed by atoms with van der Waals surface area (Å²) in [5.74, 6) is 0. The van der Waals surface area contributed by atoms with Crippen molar-refractivity contribution in [1.82, 2.24) is 0 Å². The molecule has 0 fully saturated rings. The summed E-state index contributed by atoms with van der Waals surface area (Å²) in [5.41, 5.74) is 5.35. The summed E-state index contributed by atoms with van der Waals surface area (Å²) in [6, 6.07) is 1.76. The van der Waals surface area contributed by atoms with Gasteiger partial charge in [-0.15, -0.1) is 0 Å². The maximum atomic E-state index is 8.26. The number of nitriles is 1. The molecule has 0 aromatic carbocycles. The van der Waals surface area contributed by atoms with Crippen LogP contribution in [0.15, 0.2) is 0 Å². The zero-order valence-corrected chi connectivity index (χ0v) is 5.93. The molecule has 0 aliphatic rings. The Kier molecular flexibility index (Phi) is 5.24. The molecule has 2 nitrogen and oxygen atoms in total. The minimum absolute atomic E-state index is 0.239. The maximum Gasteiger partial charge on any atom is 0.0928 e. The molecule has 0 heterocycles.